The van der Waals surface area contributed by atoms with E-state index in [0.717, 1.165) is 10.6 Å². The quantitative estimate of drug-likeness (QED) is 0.901. The minimum atomic E-state index is -0.120. The maximum atomic E-state index is 12.1. The van der Waals surface area contributed by atoms with Crippen molar-refractivity contribution in [1.82, 2.24) is 5.32 Å². The third kappa shape index (κ3) is 3.66. The van der Waals surface area contributed by atoms with E-state index in [2.05, 4.69) is 11.4 Å². The molecule has 2 aromatic rings. The molecule has 5 heteroatoms. The van der Waals surface area contributed by atoms with E-state index in [1.165, 1.54) is 22.2 Å². The van der Waals surface area contributed by atoms with E-state index in [9.17, 15) is 10.1 Å². The van der Waals surface area contributed by atoms with Gasteiger partial charge in [0.2, 0.25) is 5.91 Å². The maximum Gasteiger partial charge on any atom is 0.225 e. The Morgan fingerprint density at radius 2 is 2.09 bits per heavy atom. The van der Waals surface area contributed by atoms with Gasteiger partial charge in [-0.3, -0.25) is 4.79 Å². The van der Waals surface area contributed by atoms with Gasteiger partial charge in [-0.2, -0.15) is 5.26 Å². The van der Waals surface area contributed by atoms with Crippen molar-refractivity contribution < 1.29 is 4.79 Å². The van der Waals surface area contributed by atoms with Gasteiger partial charge in [0.15, 0.2) is 0 Å². The highest BCUT2D eigenvalue weighted by molar-refractivity contribution is 8.02. The molecule has 0 spiro atoms. The molecule has 0 radical (unpaired) electrons. The summed E-state index contributed by atoms with van der Waals surface area (Å²) in [5.74, 6) is 0.596. The number of thioether (sulfide) groups is 1. The monoisotopic (exact) mass is 340 g/mol. The zero-order valence-electron chi connectivity index (χ0n) is 12.7. The lowest BCUT2D eigenvalue weighted by atomic mass is 9.92. The van der Waals surface area contributed by atoms with E-state index >= 15 is 0 Å². The molecule has 0 saturated heterocycles. The van der Waals surface area contributed by atoms with Crippen molar-refractivity contribution in [3.05, 3.63) is 68.4 Å². The Morgan fingerprint density at radius 1 is 1.30 bits per heavy atom. The molecule has 0 aliphatic carbocycles. The van der Waals surface area contributed by atoms with Crippen molar-refractivity contribution in [2.45, 2.75) is 25.0 Å². The van der Waals surface area contributed by atoms with Crippen LogP contribution >= 0.6 is 23.1 Å². The molecule has 1 aromatic carbocycles. The van der Waals surface area contributed by atoms with Gasteiger partial charge in [0, 0.05) is 27.8 Å². The topological polar surface area (TPSA) is 52.9 Å². The van der Waals surface area contributed by atoms with Crippen LogP contribution in [0.3, 0.4) is 0 Å². The van der Waals surface area contributed by atoms with Crippen LogP contribution in [0.1, 0.15) is 27.7 Å². The molecule has 23 heavy (non-hydrogen) atoms. The van der Waals surface area contributed by atoms with E-state index in [1.807, 2.05) is 49.4 Å². The molecule has 1 aliphatic rings. The molecule has 1 atom stereocenters. The van der Waals surface area contributed by atoms with Crippen LogP contribution in [0.5, 0.6) is 0 Å². The Hall–Kier alpha value is -2.03. The van der Waals surface area contributed by atoms with Crippen molar-refractivity contribution >= 4 is 29.0 Å². The number of hydrogen-bond acceptors (Lipinski definition) is 4. The van der Waals surface area contributed by atoms with Crippen LogP contribution in [0.25, 0.3) is 0 Å². The van der Waals surface area contributed by atoms with Gasteiger partial charge < -0.3 is 5.32 Å². The molecule has 1 N–H and O–H groups in total. The molecular weight excluding hydrogens is 324 g/mol. The van der Waals surface area contributed by atoms with Crippen LogP contribution in [0.15, 0.2) is 53.1 Å². The van der Waals surface area contributed by atoms with Gasteiger partial charge in [0.25, 0.3) is 0 Å². The van der Waals surface area contributed by atoms with E-state index in [4.69, 9.17) is 0 Å². The smallest absolute Gasteiger partial charge is 0.225 e. The highest BCUT2D eigenvalue weighted by atomic mass is 32.2. The second-order valence-corrected chi connectivity index (χ2v) is 7.69. The minimum Gasteiger partial charge on any atom is -0.320 e. The first-order valence-electron chi connectivity index (χ1n) is 7.34. The summed E-state index contributed by atoms with van der Waals surface area (Å²) >= 11 is 3.18. The molecule has 0 fully saturated rings. The average Bonchev–Trinajstić information content (AvgIpc) is 2.99. The van der Waals surface area contributed by atoms with Crippen molar-refractivity contribution in [3.63, 3.8) is 0 Å². The fourth-order valence-corrected chi connectivity index (χ4v) is 4.57. The van der Waals surface area contributed by atoms with Crippen molar-refractivity contribution in [3.8, 4) is 6.07 Å². The Balaban J connectivity index is 1.87. The molecule has 3 nitrogen and oxygen atoms in total. The van der Waals surface area contributed by atoms with Crippen molar-refractivity contribution in [2.24, 2.45) is 0 Å². The zero-order valence-corrected chi connectivity index (χ0v) is 14.3. The molecule has 0 saturated carbocycles. The summed E-state index contributed by atoms with van der Waals surface area (Å²) in [5.41, 5.74) is 1.85. The van der Waals surface area contributed by atoms with Gasteiger partial charge in [0.05, 0.1) is 16.7 Å². The van der Waals surface area contributed by atoms with Crippen LogP contribution < -0.4 is 5.32 Å². The summed E-state index contributed by atoms with van der Waals surface area (Å²) in [6.07, 6.45) is 0.345. The van der Waals surface area contributed by atoms with Gasteiger partial charge in [-0.1, -0.05) is 30.3 Å². The van der Waals surface area contributed by atoms with Gasteiger partial charge >= 0.3 is 0 Å². The lowest BCUT2D eigenvalue weighted by molar-refractivity contribution is -0.120. The number of aryl methyl sites for hydroxylation is 1. The number of carbonyl (C=O) groups is 1. The molecular formula is C18H16N2OS2. The highest BCUT2D eigenvalue weighted by Crippen LogP contribution is 2.39. The van der Waals surface area contributed by atoms with Crippen LogP contribution in [0, 0.1) is 18.3 Å². The van der Waals surface area contributed by atoms with Crippen LogP contribution in [-0.4, -0.2) is 5.91 Å². The van der Waals surface area contributed by atoms with Gasteiger partial charge in [-0.15, -0.1) is 23.1 Å². The predicted octanol–water partition coefficient (Wildman–Crippen LogP) is 4.33. The van der Waals surface area contributed by atoms with Crippen molar-refractivity contribution in [1.29, 1.82) is 5.26 Å². The van der Waals surface area contributed by atoms with E-state index in [0.29, 0.717) is 17.0 Å². The number of carbonyl (C=O) groups excluding carboxylic acids is 1. The normalized spacial score (nSPS) is 17.7. The van der Waals surface area contributed by atoms with Gasteiger partial charge in [-0.25, -0.2) is 0 Å². The summed E-state index contributed by atoms with van der Waals surface area (Å²) < 4.78 is 0. The molecule has 0 unspecified atom stereocenters. The first kappa shape index (κ1) is 15.9. The number of amides is 1. The SMILES string of the molecule is Cc1ccc([C@H]2CC(=O)NC(SCc3ccccc3)=C2C#N)s1. The second-order valence-electron chi connectivity index (χ2n) is 5.38. The Bertz CT molecular complexity index is 787. The highest BCUT2D eigenvalue weighted by Gasteiger charge is 2.30. The predicted molar refractivity (Wildman–Crippen MR) is 94.9 cm³/mol. The first-order valence-corrected chi connectivity index (χ1v) is 9.14. The van der Waals surface area contributed by atoms with Crippen LogP contribution in [0.2, 0.25) is 0 Å². The maximum absolute atomic E-state index is 12.1. The Labute approximate surface area is 144 Å². The first-order chi connectivity index (χ1) is 11.2. The summed E-state index contributed by atoms with van der Waals surface area (Å²) in [6.45, 7) is 2.04. The van der Waals surface area contributed by atoms with Gasteiger partial charge in [0.1, 0.15) is 0 Å². The molecule has 0 bridgehead atoms. The number of benzene rings is 1. The van der Waals surface area contributed by atoms with Gasteiger partial charge in [-0.05, 0) is 24.6 Å². The zero-order chi connectivity index (χ0) is 16.2. The molecule has 1 aliphatic heterocycles. The molecule has 2 heterocycles. The molecule has 1 aromatic heterocycles. The number of nitriles is 1. The third-order valence-corrected chi connectivity index (χ3v) is 5.89. The lowest BCUT2D eigenvalue weighted by Crippen LogP contribution is -2.30. The largest absolute Gasteiger partial charge is 0.320 e. The standard InChI is InChI=1S/C18H16N2OS2/c1-12-7-8-16(23-12)14-9-17(21)20-18(15(14)10-19)22-11-13-5-3-2-4-6-13/h2-8,14H,9,11H2,1H3,(H,20,21)/t14-/m0/s1. The molecule has 1 amide bonds. The fraction of sp³-hybridized carbons (Fsp3) is 0.222. The molecule has 116 valence electrons. The van der Waals surface area contributed by atoms with E-state index in [1.54, 1.807) is 11.3 Å². The Kier molecular flexibility index (Phi) is 4.85. The van der Waals surface area contributed by atoms with E-state index < -0.39 is 0 Å². The average molecular weight is 340 g/mol. The van der Waals surface area contributed by atoms with Crippen molar-refractivity contribution in [2.75, 3.05) is 0 Å². The minimum absolute atomic E-state index is 0.0179. The molecule has 3 rings (SSSR count). The number of thiophene rings is 1. The number of hydrogen-bond donors (Lipinski definition) is 1. The number of allylic oxidation sites excluding steroid dienone is 1. The fourth-order valence-electron chi connectivity index (χ4n) is 2.55. The summed E-state index contributed by atoms with van der Waals surface area (Å²) in [4.78, 5) is 14.4. The third-order valence-electron chi connectivity index (χ3n) is 3.69. The number of nitrogens with zero attached hydrogens (tertiary/aromatic N) is 1. The summed E-state index contributed by atoms with van der Waals surface area (Å²) in [5, 5.41) is 13.2. The Morgan fingerprint density at radius 3 is 2.74 bits per heavy atom. The van der Waals surface area contributed by atoms with E-state index in [-0.39, 0.29) is 11.8 Å². The van der Waals surface area contributed by atoms with Crippen LogP contribution in [0.4, 0.5) is 0 Å². The lowest BCUT2D eigenvalue weighted by Gasteiger charge is -2.24. The summed E-state index contributed by atoms with van der Waals surface area (Å²) in [6, 6.07) is 16.4. The second kappa shape index (κ2) is 7.03. The number of nitrogens with one attached hydrogen (secondary N) is 1. The van der Waals surface area contributed by atoms with Crippen LogP contribution in [-0.2, 0) is 10.5 Å². The summed E-state index contributed by atoms with van der Waals surface area (Å²) in [7, 11) is 0. The number of rotatable bonds is 4.